The van der Waals surface area contributed by atoms with Crippen molar-refractivity contribution in [2.75, 3.05) is 18.0 Å². The number of anilines is 1. The molecular formula is C16H16N2O3. The summed E-state index contributed by atoms with van der Waals surface area (Å²) in [5.74, 6) is 0. The van der Waals surface area contributed by atoms with Crippen molar-refractivity contribution in [3.05, 3.63) is 46.5 Å². The predicted molar refractivity (Wildman–Crippen MR) is 83.9 cm³/mol. The first-order valence-corrected chi connectivity index (χ1v) is 7.00. The number of furan rings is 1. The molecule has 0 radical (unpaired) electrons. The summed E-state index contributed by atoms with van der Waals surface area (Å²) in [6.45, 7) is 5.93. The summed E-state index contributed by atoms with van der Waals surface area (Å²) in [6, 6.07) is 10.6. The molecule has 2 aromatic carbocycles. The zero-order valence-corrected chi connectivity index (χ0v) is 12.0. The van der Waals surface area contributed by atoms with E-state index >= 15 is 0 Å². The average Bonchev–Trinajstić information content (AvgIpc) is 2.86. The fraction of sp³-hybridized carbons (Fsp3) is 0.250. The van der Waals surface area contributed by atoms with Crippen molar-refractivity contribution in [3.63, 3.8) is 0 Å². The fourth-order valence-corrected chi connectivity index (χ4v) is 2.74. The van der Waals surface area contributed by atoms with E-state index in [2.05, 4.69) is 18.7 Å². The van der Waals surface area contributed by atoms with Crippen LogP contribution in [-0.4, -0.2) is 18.0 Å². The van der Waals surface area contributed by atoms with Crippen LogP contribution in [0.25, 0.3) is 21.9 Å². The fourth-order valence-electron chi connectivity index (χ4n) is 2.74. The lowest BCUT2D eigenvalue weighted by atomic mass is 10.1. The number of nitro benzene ring substituents is 1. The first kappa shape index (κ1) is 13.4. The highest BCUT2D eigenvalue weighted by Crippen LogP contribution is 2.37. The third-order valence-electron chi connectivity index (χ3n) is 3.77. The van der Waals surface area contributed by atoms with E-state index in [1.165, 1.54) is 6.07 Å². The molecule has 1 heterocycles. The second-order valence-corrected chi connectivity index (χ2v) is 4.86. The number of hydrogen-bond acceptors (Lipinski definition) is 4. The summed E-state index contributed by atoms with van der Waals surface area (Å²) in [5, 5.41) is 12.7. The highest BCUT2D eigenvalue weighted by molar-refractivity contribution is 6.12. The monoisotopic (exact) mass is 284 g/mol. The molecule has 0 aliphatic rings. The lowest BCUT2D eigenvalue weighted by Crippen LogP contribution is -2.21. The van der Waals surface area contributed by atoms with Gasteiger partial charge in [-0.15, -0.1) is 0 Å². The van der Waals surface area contributed by atoms with Crippen molar-refractivity contribution < 1.29 is 9.34 Å². The summed E-state index contributed by atoms with van der Waals surface area (Å²) in [6.07, 6.45) is 0. The maximum atomic E-state index is 11.0. The first-order chi connectivity index (χ1) is 10.2. The maximum Gasteiger partial charge on any atom is 0.270 e. The van der Waals surface area contributed by atoms with Crippen LogP contribution in [0.15, 0.2) is 40.8 Å². The molecule has 0 saturated heterocycles. The molecule has 5 nitrogen and oxygen atoms in total. The standard InChI is InChI=1S/C16H16N2O3/c1-3-17(4-2)13-6-5-7-15-16(13)12-10-11(18(19)20)8-9-14(12)21-15/h5-10H,3-4H2,1-2H3. The minimum atomic E-state index is -0.377. The van der Waals surface area contributed by atoms with E-state index < -0.39 is 0 Å². The van der Waals surface area contributed by atoms with Crippen molar-refractivity contribution in [1.82, 2.24) is 0 Å². The van der Waals surface area contributed by atoms with E-state index in [9.17, 15) is 10.1 Å². The van der Waals surface area contributed by atoms with Crippen LogP contribution in [0, 0.1) is 10.1 Å². The molecule has 1 aromatic heterocycles. The van der Waals surface area contributed by atoms with Gasteiger partial charge in [-0.1, -0.05) is 6.07 Å². The van der Waals surface area contributed by atoms with Gasteiger partial charge in [-0.3, -0.25) is 10.1 Å². The van der Waals surface area contributed by atoms with Gasteiger partial charge < -0.3 is 9.32 Å². The van der Waals surface area contributed by atoms with Gasteiger partial charge in [-0.05, 0) is 32.0 Å². The number of hydrogen-bond donors (Lipinski definition) is 0. The second-order valence-electron chi connectivity index (χ2n) is 4.86. The topological polar surface area (TPSA) is 59.5 Å². The molecule has 0 spiro atoms. The first-order valence-electron chi connectivity index (χ1n) is 7.00. The van der Waals surface area contributed by atoms with Crippen molar-refractivity contribution in [3.8, 4) is 0 Å². The van der Waals surface area contributed by atoms with Gasteiger partial charge in [0, 0.05) is 36.3 Å². The smallest absolute Gasteiger partial charge is 0.270 e. The summed E-state index contributed by atoms with van der Waals surface area (Å²) in [7, 11) is 0. The SMILES string of the molecule is CCN(CC)c1cccc2oc3ccc([N+](=O)[O-])cc3c12. The van der Waals surface area contributed by atoms with Gasteiger partial charge in [-0.25, -0.2) is 0 Å². The largest absolute Gasteiger partial charge is 0.456 e. The number of fused-ring (bicyclic) bond motifs is 3. The van der Waals surface area contributed by atoms with Crippen LogP contribution in [0.1, 0.15) is 13.8 Å². The van der Waals surface area contributed by atoms with Crippen LogP contribution < -0.4 is 4.90 Å². The van der Waals surface area contributed by atoms with Gasteiger partial charge >= 0.3 is 0 Å². The Labute approximate surface area is 121 Å². The minimum absolute atomic E-state index is 0.0829. The molecule has 5 heteroatoms. The zero-order valence-electron chi connectivity index (χ0n) is 12.0. The molecule has 0 amide bonds. The molecule has 0 N–H and O–H groups in total. The van der Waals surface area contributed by atoms with E-state index in [1.54, 1.807) is 12.1 Å². The van der Waals surface area contributed by atoms with E-state index in [0.717, 1.165) is 35.1 Å². The Morgan fingerprint density at radius 2 is 1.90 bits per heavy atom. The van der Waals surface area contributed by atoms with Crippen LogP contribution in [0.3, 0.4) is 0 Å². The molecule has 0 aliphatic carbocycles. The highest BCUT2D eigenvalue weighted by atomic mass is 16.6. The van der Waals surface area contributed by atoms with E-state index in [-0.39, 0.29) is 10.6 Å². The van der Waals surface area contributed by atoms with Crippen molar-refractivity contribution >= 4 is 33.3 Å². The zero-order chi connectivity index (χ0) is 15.0. The lowest BCUT2D eigenvalue weighted by molar-refractivity contribution is -0.384. The van der Waals surface area contributed by atoms with Gasteiger partial charge in [0.2, 0.25) is 0 Å². The highest BCUT2D eigenvalue weighted by Gasteiger charge is 2.16. The molecule has 3 aromatic rings. The lowest BCUT2D eigenvalue weighted by Gasteiger charge is -2.21. The number of non-ortho nitro benzene ring substituents is 1. The second kappa shape index (κ2) is 5.09. The van der Waals surface area contributed by atoms with E-state index in [4.69, 9.17) is 4.42 Å². The van der Waals surface area contributed by atoms with Gasteiger partial charge in [0.15, 0.2) is 0 Å². The van der Waals surface area contributed by atoms with Crippen molar-refractivity contribution in [1.29, 1.82) is 0 Å². The molecule has 0 bridgehead atoms. The van der Waals surface area contributed by atoms with Crippen molar-refractivity contribution in [2.45, 2.75) is 13.8 Å². The molecule has 0 unspecified atom stereocenters. The minimum Gasteiger partial charge on any atom is -0.456 e. The molecule has 21 heavy (non-hydrogen) atoms. The normalized spacial score (nSPS) is 11.1. The van der Waals surface area contributed by atoms with Gasteiger partial charge in [0.25, 0.3) is 5.69 Å². The van der Waals surface area contributed by atoms with Crippen LogP contribution in [0.5, 0.6) is 0 Å². The molecule has 0 aliphatic heterocycles. The Morgan fingerprint density at radius 3 is 2.57 bits per heavy atom. The summed E-state index contributed by atoms with van der Waals surface area (Å²) in [5.41, 5.74) is 2.57. The van der Waals surface area contributed by atoms with E-state index in [0.29, 0.717) is 5.58 Å². The van der Waals surface area contributed by atoms with Gasteiger partial charge in [0.1, 0.15) is 11.2 Å². The number of nitro groups is 1. The molecule has 0 saturated carbocycles. The van der Waals surface area contributed by atoms with E-state index in [1.807, 2.05) is 18.2 Å². The Morgan fingerprint density at radius 1 is 1.14 bits per heavy atom. The van der Waals surface area contributed by atoms with Crippen LogP contribution >= 0.6 is 0 Å². The van der Waals surface area contributed by atoms with Crippen molar-refractivity contribution in [2.24, 2.45) is 0 Å². The maximum absolute atomic E-state index is 11.0. The Bertz CT molecular complexity index is 819. The summed E-state index contributed by atoms with van der Waals surface area (Å²) < 4.78 is 5.82. The molecular weight excluding hydrogens is 268 g/mol. The number of benzene rings is 2. The molecule has 0 fully saturated rings. The van der Waals surface area contributed by atoms with Gasteiger partial charge in [-0.2, -0.15) is 0 Å². The number of nitrogens with zero attached hydrogens (tertiary/aromatic N) is 2. The predicted octanol–water partition coefficient (Wildman–Crippen LogP) is 4.34. The van der Waals surface area contributed by atoms with Crippen LogP contribution in [0.4, 0.5) is 11.4 Å². The molecule has 108 valence electrons. The van der Waals surface area contributed by atoms with Crippen LogP contribution in [0.2, 0.25) is 0 Å². The third-order valence-corrected chi connectivity index (χ3v) is 3.77. The average molecular weight is 284 g/mol. The Kier molecular flexibility index (Phi) is 3.25. The summed E-state index contributed by atoms with van der Waals surface area (Å²) in [4.78, 5) is 12.8. The third kappa shape index (κ3) is 2.11. The molecule has 3 rings (SSSR count). The van der Waals surface area contributed by atoms with Crippen LogP contribution in [-0.2, 0) is 0 Å². The van der Waals surface area contributed by atoms with Gasteiger partial charge in [0.05, 0.1) is 10.3 Å². The Hall–Kier alpha value is -2.56. The Balaban J connectivity index is 2.36. The molecule has 0 atom stereocenters. The number of rotatable bonds is 4. The quantitative estimate of drug-likeness (QED) is 0.528. The summed E-state index contributed by atoms with van der Waals surface area (Å²) >= 11 is 0.